The molecule has 0 aliphatic carbocycles. The third-order valence-corrected chi connectivity index (χ3v) is 6.19. The van der Waals surface area contributed by atoms with E-state index in [1.165, 1.54) is 5.56 Å². The van der Waals surface area contributed by atoms with Crippen LogP contribution in [0.3, 0.4) is 0 Å². The molecule has 1 rings (SSSR count). The highest BCUT2D eigenvalue weighted by Crippen LogP contribution is 2.18. The van der Waals surface area contributed by atoms with Gasteiger partial charge < -0.3 is 18.0 Å². The summed E-state index contributed by atoms with van der Waals surface area (Å²) in [5.74, 6) is 0. The predicted octanol–water partition coefficient (Wildman–Crippen LogP) is 4.39. The topological polar surface area (TPSA) is 36.9 Å². The van der Waals surface area contributed by atoms with E-state index in [0.29, 0.717) is 19.8 Å². The molecule has 0 saturated carbocycles. The Hall–Kier alpha value is -0.723. The van der Waals surface area contributed by atoms with Crippen LogP contribution in [0, 0.1) is 0 Å². The van der Waals surface area contributed by atoms with Crippen molar-refractivity contribution in [2.45, 2.75) is 52.5 Å². The van der Waals surface area contributed by atoms with Crippen LogP contribution in [-0.2, 0) is 24.1 Å². The van der Waals surface area contributed by atoms with Crippen molar-refractivity contribution in [3.05, 3.63) is 35.9 Å². The highest BCUT2D eigenvalue weighted by molar-refractivity contribution is 6.60. The summed E-state index contributed by atoms with van der Waals surface area (Å²) in [6, 6.07) is 11.1. The van der Waals surface area contributed by atoms with E-state index in [-0.39, 0.29) is 0 Å². The molecule has 0 bridgehead atoms. The second-order valence-corrected chi connectivity index (χ2v) is 8.44. The molecule has 0 spiro atoms. The lowest BCUT2D eigenvalue weighted by Crippen LogP contribution is -2.49. The van der Waals surface area contributed by atoms with Crippen LogP contribution >= 0.6 is 0 Å². The van der Waals surface area contributed by atoms with Gasteiger partial charge >= 0.3 is 8.80 Å². The Morgan fingerprint density at radius 2 is 1.29 bits per heavy atom. The Labute approximate surface area is 148 Å². The van der Waals surface area contributed by atoms with E-state index in [4.69, 9.17) is 18.0 Å². The fraction of sp³-hybridized carbons (Fsp3) is 0.684. The third-order valence-electron chi connectivity index (χ3n) is 3.42. The highest BCUT2D eigenvalue weighted by Gasteiger charge is 2.41. The fourth-order valence-electron chi connectivity index (χ4n) is 2.27. The van der Waals surface area contributed by atoms with Crippen molar-refractivity contribution < 1.29 is 18.0 Å². The van der Waals surface area contributed by atoms with E-state index in [1.807, 2.05) is 18.2 Å². The van der Waals surface area contributed by atoms with Gasteiger partial charge in [-0.25, -0.2) is 0 Å². The SMILES string of the molecule is CCCOCCCO[Si](Cc1ccccc1)(OCCC)OCCC. The molecule has 0 fully saturated rings. The van der Waals surface area contributed by atoms with Crippen LogP contribution in [0.5, 0.6) is 0 Å². The van der Waals surface area contributed by atoms with E-state index in [1.54, 1.807) is 0 Å². The number of hydrogen-bond donors (Lipinski definition) is 0. The first-order valence-electron chi connectivity index (χ1n) is 9.29. The maximum absolute atomic E-state index is 6.23. The van der Waals surface area contributed by atoms with Crippen LogP contribution in [0.25, 0.3) is 0 Å². The van der Waals surface area contributed by atoms with Crippen molar-refractivity contribution in [3.63, 3.8) is 0 Å². The lowest BCUT2D eigenvalue weighted by atomic mass is 10.2. The van der Waals surface area contributed by atoms with Gasteiger partial charge in [-0.2, -0.15) is 0 Å². The molecule has 0 aliphatic rings. The average molecular weight is 355 g/mol. The van der Waals surface area contributed by atoms with E-state index in [2.05, 4.69) is 32.9 Å². The van der Waals surface area contributed by atoms with Gasteiger partial charge in [0.2, 0.25) is 0 Å². The molecule has 0 saturated heterocycles. The molecule has 138 valence electrons. The van der Waals surface area contributed by atoms with Crippen LogP contribution in [0.2, 0.25) is 0 Å². The Morgan fingerprint density at radius 1 is 0.708 bits per heavy atom. The largest absolute Gasteiger partial charge is 0.505 e. The Bertz CT molecular complexity index is 392. The molecular weight excluding hydrogens is 320 g/mol. The monoisotopic (exact) mass is 354 g/mol. The lowest BCUT2D eigenvalue weighted by Gasteiger charge is -2.30. The molecule has 0 heterocycles. The fourth-order valence-corrected chi connectivity index (χ4v) is 5.05. The summed E-state index contributed by atoms with van der Waals surface area (Å²) in [5.41, 5.74) is 1.21. The van der Waals surface area contributed by atoms with Crippen LogP contribution in [0.1, 0.15) is 52.0 Å². The molecule has 0 atom stereocenters. The van der Waals surface area contributed by atoms with Gasteiger partial charge in [-0.05, 0) is 31.2 Å². The molecule has 1 aromatic rings. The van der Waals surface area contributed by atoms with Crippen molar-refractivity contribution in [3.8, 4) is 0 Å². The molecule has 0 amide bonds. The number of rotatable bonds is 15. The first kappa shape index (κ1) is 21.3. The van der Waals surface area contributed by atoms with Crippen molar-refractivity contribution in [1.82, 2.24) is 0 Å². The van der Waals surface area contributed by atoms with Crippen LogP contribution in [0.4, 0.5) is 0 Å². The molecule has 5 heteroatoms. The normalized spacial score (nSPS) is 11.8. The molecule has 0 aliphatic heterocycles. The molecule has 24 heavy (non-hydrogen) atoms. The Morgan fingerprint density at radius 3 is 1.88 bits per heavy atom. The zero-order valence-corrected chi connectivity index (χ0v) is 16.6. The Balaban J connectivity index is 2.65. The maximum Gasteiger partial charge on any atom is 0.505 e. The molecule has 4 nitrogen and oxygen atoms in total. The van der Waals surface area contributed by atoms with Crippen LogP contribution in [-0.4, -0.2) is 41.8 Å². The standard InChI is InChI=1S/C19H34O4Si/c1-4-13-20-16-10-17-23-24(21-14-5-2,22-15-6-3)18-19-11-8-7-9-12-19/h7-9,11-12H,4-6,10,13-18H2,1-3H3. The first-order valence-corrected chi connectivity index (χ1v) is 11.2. The minimum absolute atomic E-state index is 0.621. The highest BCUT2D eigenvalue weighted by atomic mass is 28.4. The first-order chi connectivity index (χ1) is 11.8. The van der Waals surface area contributed by atoms with Crippen molar-refractivity contribution >= 4 is 8.80 Å². The summed E-state index contributed by atoms with van der Waals surface area (Å²) in [7, 11) is -2.70. The van der Waals surface area contributed by atoms with Crippen LogP contribution < -0.4 is 0 Å². The average Bonchev–Trinajstić information content (AvgIpc) is 2.62. The maximum atomic E-state index is 6.23. The summed E-state index contributed by atoms with van der Waals surface area (Å²) in [6.45, 7) is 9.85. The number of ether oxygens (including phenoxy) is 1. The predicted molar refractivity (Wildman–Crippen MR) is 100 cm³/mol. The van der Waals surface area contributed by atoms with Gasteiger partial charge in [-0.1, -0.05) is 51.1 Å². The van der Waals surface area contributed by atoms with Crippen molar-refractivity contribution in [2.24, 2.45) is 0 Å². The summed E-state index contributed by atoms with van der Waals surface area (Å²) in [4.78, 5) is 0. The second-order valence-electron chi connectivity index (χ2n) is 5.86. The van der Waals surface area contributed by atoms with Gasteiger partial charge in [0.1, 0.15) is 0 Å². The van der Waals surface area contributed by atoms with Gasteiger partial charge in [-0.3, -0.25) is 0 Å². The molecule has 1 aromatic carbocycles. The second kappa shape index (κ2) is 13.6. The number of benzene rings is 1. The van der Waals surface area contributed by atoms with Crippen molar-refractivity contribution in [1.29, 1.82) is 0 Å². The summed E-state index contributed by atoms with van der Waals surface area (Å²) in [5, 5.41) is 0. The zero-order valence-electron chi connectivity index (χ0n) is 15.6. The zero-order chi connectivity index (χ0) is 17.5. The van der Waals surface area contributed by atoms with E-state index in [0.717, 1.165) is 44.9 Å². The smallest absolute Gasteiger partial charge is 0.381 e. The van der Waals surface area contributed by atoms with E-state index < -0.39 is 8.80 Å². The van der Waals surface area contributed by atoms with Gasteiger partial charge in [0.05, 0.1) is 0 Å². The third kappa shape index (κ3) is 8.94. The molecule has 0 radical (unpaired) electrons. The minimum atomic E-state index is -2.70. The van der Waals surface area contributed by atoms with Crippen molar-refractivity contribution in [2.75, 3.05) is 33.0 Å². The minimum Gasteiger partial charge on any atom is -0.381 e. The van der Waals surface area contributed by atoms with E-state index in [9.17, 15) is 0 Å². The lowest BCUT2D eigenvalue weighted by molar-refractivity contribution is 0.0475. The molecule has 0 N–H and O–H groups in total. The number of hydrogen-bond acceptors (Lipinski definition) is 4. The summed E-state index contributed by atoms with van der Waals surface area (Å²) >= 11 is 0. The molecule has 0 aromatic heterocycles. The van der Waals surface area contributed by atoms with Gasteiger partial charge in [0.25, 0.3) is 0 Å². The van der Waals surface area contributed by atoms with E-state index >= 15 is 0 Å². The molecule has 0 unspecified atom stereocenters. The molecular formula is C19H34O4Si. The van der Waals surface area contributed by atoms with Gasteiger partial charge in [-0.15, -0.1) is 0 Å². The van der Waals surface area contributed by atoms with Gasteiger partial charge in [0, 0.05) is 39.1 Å². The Kier molecular flexibility index (Phi) is 12.0. The van der Waals surface area contributed by atoms with Crippen LogP contribution in [0.15, 0.2) is 30.3 Å². The summed E-state index contributed by atoms with van der Waals surface area (Å²) in [6.07, 6.45) is 3.84. The summed E-state index contributed by atoms with van der Waals surface area (Å²) < 4.78 is 24.1. The quantitative estimate of drug-likeness (QED) is 0.346. The van der Waals surface area contributed by atoms with Gasteiger partial charge in [0.15, 0.2) is 0 Å².